The van der Waals surface area contributed by atoms with E-state index >= 15 is 0 Å². The number of aromatic nitrogens is 4. The highest BCUT2D eigenvalue weighted by atomic mass is 16.3. The van der Waals surface area contributed by atoms with Crippen molar-refractivity contribution in [3.63, 3.8) is 0 Å². The average Bonchev–Trinajstić information content (AvgIpc) is 3.95. The fourth-order valence-electron chi connectivity index (χ4n) is 8.40. The summed E-state index contributed by atoms with van der Waals surface area (Å²) in [5, 5.41) is 6.67. The zero-order valence-electron chi connectivity index (χ0n) is 30.4. The Balaban J connectivity index is 1.03. The van der Waals surface area contributed by atoms with Gasteiger partial charge in [-0.05, 0) is 77.9 Å². The SMILES string of the molecule is c1ccc(-c2nc(-c3ccc(-n4c5ccccc5c5cc6oc7ccccc7c6cc54)cc3)nc(-c3cc(-c4ccccc4)c4c(c3)oc3ccccc34)n2)cc1. The van der Waals surface area contributed by atoms with Gasteiger partial charge in [-0.1, -0.05) is 115 Å². The minimum atomic E-state index is 0.571. The molecule has 0 saturated heterocycles. The van der Waals surface area contributed by atoms with Gasteiger partial charge in [-0.2, -0.15) is 0 Å². The van der Waals surface area contributed by atoms with Crippen LogP contribution >= 0.6 is 0 Å². The molecular weight excluding hydrogens is 701 g/mol. The highest BCUT2D eigenvalue weighted by Gasteiger charge is 2.20. The van der Waals surface area contributed by atoms with E-state index < -0.39 is 0 Å². The van der Waals surface area contributed by atoms with Gasteiger partial charge in [0.15, 0.2) is 17.5 Å². The molecule has 4 heterocycles. The second kappa shape index (κ2) is 12.3. The molecule has 0 aliphatic heterocycles. The lowest BCUT2D eigenvalue weighted by molar-refractivity contribution is 0.669. The Morgan fingerprint density at radius 2 is 0.895 bits per heavy atom. The number of para-hydroxylation sites is 3. The number of rotatable bonds is 5. The van der Waals surface area contributed by atoms with E-state index in [1.54, 1.807) is 0 Å². The molecule has 0 bridgehead atoms. The number of benzene rings is 8. The molecule has 12 rings (SSSR count). The molecule has 0 unspecified atom stereocenters. The van der Waals surface area contributed by atoms with Gasteiger partial charge in [0, 0.05) is 54.7 Å². The lowest BCUT2D eigenvalue weighted by Crippen LogP contribution is -2.01. The molecule has 0 aliphatic rings. The van der Waals surface area contributed by atoms with Crippen LogP contribution in [0.15, 0.2) is 191 Å². The van der Waals surface area contributed by atoms with Crippen molar-refractivity contribution >= 4 is 65.7 Å². The Bertz CT molecular complexity index is 3510. The Kier molecular flexibility index (Phi) is 6.83. The van der Waals surface area contributed by atoms with E-state index in [1.165, 1.54) is 5.39 Å². The van der Waals surface area contributed by atoms with Crippen LogP contribution in [0.4, 0.5) is 0 Å². The Morgan fingerprint density at radius 3 is 1.63 bits per heavy atom. The third-order valence-electron chi connectivity index (χ3n) is 11.0. The minimum absolute atomic E-state index is 0.571. The standard InChI is InChI=1S/C51H30N4O2/c1-3-13-31(14-4-1)39-27-34(28-47-48(39)38-19-9-12-22-45(38)57-47)51-53-49(32-15-5-2-6-16-32)52-50(54-51)33-23-25-35(26-24-33)55-42-20-10-7-17-36(42)40-30-46-41(29-43(40)55)37-18-8-11-21-44(37)56-46/h1-30H. The van der Waals surface area contributed by atoms with Gasteiger partial charge < -0.3 is 13.4 Å². The predicted molar refractivity (Wildman–Crippen MR) is 230 cm³/mol. The van der Waals surface area contributed by atoms with Crippen molar-refractivity contribution in [2.24, 2.45) is 0 Å². The zero-order valence-corrected chi connectivity index (χ0v) is 30.4. The summed E-state index contributed by atoms with van der Waals surface area (Å²) >= 11 is 0. The Morgan fingerprint density at radius 1 is 0.333 bits per heavy atom. The van der Waals surface area contributed by atoms with E-state index in [4.69, 9.17) is 23.8 Å². The van der Waals surface area contributed by atoms with Crippen LogP contribution in [-0.2, 0) is 0 Å². The van der Waals surface area contributed by atoms with Crippen LogP contribution < -0.4 is 0 Å². The van der Waals surface area contributed by atoms with Crippen molar-refractivity contribution < 1.29 is 8.83 Å². The summed E-state index contributed by atoms with van der Waals surface area (Å²) in [6.07, 6.45) is 0. The van der Waals surface area contributed by atoms with Crippen molar-refractivity contribution in [1.29, 1.82) is 0 Å². The molecule has 12 aromatic rings. The first-order valence-corrected chi connectivity index (χ1v) is 19.0. The van der Waals surface area contributed by atoms with E-state index in [1.807, 2.05) is 60.7 Å². The van der Waals surface area contributed by atoms with Crippen molar-refractivity contribution in [3.05, 3.63) is 182 Å². The third-order valence-corrected chi connectivity index (χ3v) is 11.0. The second-order valence-electron chi connectivity index (χ2n) is 14.4. The lowest BCUT2D eigenvalue weighted by Gasteiger charge is -2.12. The fourth-order valence-corrected chi connectivity index (χ4v) is 8.40. The van der Waals surface area contributed by atoms with E-state index in [0.29, 0.717) is 17.5 Å². The van der Waals surface area contributed by atoms with Gasteiger partial charge >= 0.3 is 0 Å². The summed E-state index contributed by atoms with van der Waals surface area (Å²) in [4.78, 5) is 15.3. The summed E-state index contributed by atoms with van der Waals surface area (Å²) in [7, 11) is 0. The topological polar surface area (TPSA) is 69.9 Å². The largest absolute Gasteiger partial charge is 0.456 e. The third kappa shape index (κ3) is 5.01. The van der Waals surface area contributed by atoms with Gasteiger partial charge in [-0.3, -0.25) is 0 Å². The number of hydrogen-bond acceptors (Lipinski definition) is 5. The summed E-state index contributed by atoms with van der Waals surface area (Å²) in [5.41, 5.74) is 11.5. The molecular formula is C51H30N4O2. The van der Waals surface area contributed by atoms with Crippen LogP contribution in [0.2, 0.25) is 0 Å². The molecule has 0 saturated carbocycles. The second-order valence-corrected chi connectivity index (χ2v) is 14.4. The normalized spacial score (nSPS) is 11.9. The molecule has 0 atom stereocenters. The molecule has 0 amide bonds. The van der Waals surface area contributed by atoms with Gasteiger partial charge in [-0.15, -0.1) is 0 Å². The molecule has 266 valence electrons. The lowest BCUT2D eigenvalue weighted by atomic mass is 9.97. The van der Waals surface area contributed by atoms with E-state index in [9.17, 15) is 0 Å². The zero-order chi connectivity index (χ0) is 37.5. The van der Waals surface area contributed by atoms with Crippen LogP contribution in [0, 0.1) is 0 Å². The smallest absolute Gasteiger partial charge is 0.164 e. The maximum atomic E-state index is 6.48. The van der Waals surface area contributed by atoms with Crippen LogP contribution in [0.1, 0.15) is 0 Å². The van der Waals surface area contributed by atoms with E-state index in [0.717, 1.165) is 93.8 Å². The molecule has 6 heteroatoms. The first kappa shape index (κ1) is 31.5. The van der Waals surface area contributed by atoms with Crippen molar-refractivity contribution in [3.8, 4) is 51.0 Å². The highest BCUT2D eigenvalue weighted by Crippen LogP contribution is 2.41. The fraction of sp³-hybridized carbons (Fsp3) is 0. The summed E-state index contributed by atoms with van der Waals surface area (Å²) in [6, 6.07) is 62.7. The van der Waals surface area contributed by atoms with Gasteiger partial charge in [-0.25, -0.2) is 15.0 Å². The van der Waals surface area contributed by atoms with Crippen molar-refractivity contribution in [2.45, 2.75) is 0 Å². The maximum Gasteiger partial charge on any atom is 0.164 e. The molecule has 6 nitrogen and oxygen atoms in total. The number of fused-ring (bicyclic) bond motifs is 9. The molecule has 8 aromatic carbocycles. The Hall–Kier alpha value is -7.83. The highest BCUT2D eigenvalue weighted by molar-refractivity contribution is 6.17. The molecule has 0 fully saturated rings. The monoisotopic (exact) mass is 730 g/mol. The first-order chi connectivity index (χ1) is 28.2. The van der Waals surface area contributed by atoms with Crippen LogP contribution in [0.25, 0.3) is 117 Å². The summed E-state index contributed by atoms with van der Waals surface area (Å²) in [5.74, 6) is 1.76. The predicted octanol–water partition coefficient (Wildman–Crippen LogP) is 13.4. The van der Waals surface area contributed by atoms with Gasteiger partial charge in [0.1, 0.15) is 22.3 Å². The average molecular weight is 731 g/mol. The molecule has 4 aromatic heterocycles. The van der Waals surface area contributed by atoms with Gasteiger partial charge in [0.05, 0.1) is 11.0 Å². The number of furan rings is 2. The molecule has 0 radical (unpaired) electrons. The van der Waals surface area contributed by atoms with E-state index in [-0.39, 0.29) is 0 Å². The number of nitrogens with zero attached hydrogens (tertiary/aromatic N) is 4. The first-order valence-electron chi connectivity index (χ1n) is 19.0. The molecule has 57 heavy (non-hydrogen) atoms. The van der Waals surface area contributed by atoms with Crippen LogP contribution in [-0.4, -0.2) is 19.5 Å². The Labute approximate surface area is 325 Å². The summed E-state index contributed by atoms with van der Waals surface area (Å²) < 4.78 is 15.1. The van der Waals surface area contributed by atoms with Gasteiger partial charge in [0.25, 0.3) is 0 Å². The molecule has 0 spiro atoms. The van der Waals surface area contributed by atoms with Crippen molar-refractivity contribution in [2.75, 3.05) is 0 Å². The molecule has 0 aliphatic carbocycles. The number of hydrogen-bond donors (Lipinski definition) is 0. The molecule has 0 N–H and O–H groups in total. The quantitative estimate of drug-likeness (QED) is 0.176. The van der Waals surface area contributed by atoms with Gasteiger partial charge in [0.2, 0.25) is 0 Å². The van der Waals surface area contributed by atoms with Crippen LogP contribution in [0.3, 0.4) is 0 Å². The summed E-state index contributed by atoms with van der Waals surface area (Å²) in [6.45, 7) is 0. The van der Waals surface area contributed by atoms with Crippen LogP contribution in [0.5, 0.6) is 0 Å². The van der Waals surface area contributed by atoms with E-state index in [2.05, 4.69) is 126 Å². The maximum absolute atomic E-state index is 6.48. The van der Waals surface area contributed by atoms with Crippen molar-refractivity contribution in [1.82, 2.24) is 19.5 Å². The minimum Gasteiger partial charge on any atom is -0.456 e.